The Balaban J connectivity index is 1.68. The lowest BCUT2D eigenvalue weighted by molar-refractivity contribution is 0.0594. The summed E-state index contributed by atoms with van der Waals surface area (Å²) in [6.45, 7) is 6.32. The zero-order valence-corrected chi connectivity index (χ0v) is 16.9. The molecule has 0 aliphatic carbocycles. The summed E-state index contributed by atoms with van der Waals surface area (Å²) in [4.78, 5) is 24.4. The number of carbonyl (C=O) groups excluding carboxylic acids is 2. The first-order valence-corrected chi connectivity index (χ1v) is 9.43. The van der Waals surface area contributed by atoms with E-state index in [-0.39, 0.29) is 23.7 Å². The Morgan fingerprint density at radius 3 is 2.80 bits per heavy atom. The van der Waals surface area contributed by atoms with E-state index in [0.717, 1.165) is 11.3 Å². The molecular weight excluding hydrogens is 386 g/mol. The third-order valence-electron chi connectivity index (χ3n) is 4.30. The lowest BCUT2D eigenvalue weighted by atomic mass is 10.1. The SMILES string of the molecule is C=CCc1ccccc1OCc1ccc(C(=O)Nc2cn(CC)nc2C(=O)OC)o1. The third-order valence-corrected chi connectivity index (χ3v) is 4.30. The zero-order valence-electron chi connectivity index (χ0n) is 16.9. The molecule has 2 heterocycles. The van der Waals surface area contributed by atoms with Gasteiger partial charge in [-0.05, 0) is 37.1 Å². The molecule has 0 fully saturated rings. The van der Waals surface area contributed by atoms with Crippen LogP contribution in [0.15, 0.2) is 59.7 Å². The van der Waals surface area contributed by atoms with Gasteiger partial charge in [-0.1, -0.05) is 24.3 Å². The molecule has 3 aromatic rings. The maximum atomic E-state index is 12.6. The van der Waals surface area contributed by atoms with Gasteiger partial charge < -0.3 is 19.2 Å². The molecule has 30 heavy (non-hydrogen) atoms. The van der Waals surface area contributed by atoms with Crippen LogP contribution < -0.4 is 10.1 Å². The monoisotopic (exact) mass is 409 g/mol. The summed E-state index contributed by atoms with van der Waals surface area (Å²) in [6, 6.07) is 10.9. The summed E-state index contributed by atoms with van der Waals surface area (Å²) < 4.78 is 17.7. The normalized spacial score (nSPS) is 10.5. The average Bonchev–Trinajstić information content (AvgIpc) is 3.40. The molecule has 8 nitrogen and oxygen atoms in total. The highest BCUT2D eigenvalue weighted by atomic mass is 16.5. The topological polar surface area (TPSA) is 95.6 Å². The van der Waals surface area contributed by atoms with Crippen LogP contribution in [0, 0.1) is 0 Å². The van der Waals surface area contributed by atoms with Crippen LogP contribution in [-0.4, -0.2) is 28.8 Å². The number of nitrogens with one attached hydrogen (secondary N) is 1. The Kier molecular flexibility index (Phi) is 6.69. The van der Waals surface area contributed by atoms with Crippen LogP contribution in [0.1, 0.15) is 39.3 Å². The molecule has 0 atom stereocenters. The van der Waals surface area contributed by atoms with Gasteiger partial charge in [0, 0.05) is 12.7 Å². The number of furan rings is 1. The average molecular weight is 409 g/mol. The molecule has 0 bridgehead atoms. The van der Waals surface area contributed by atoms with Crippen molar-refractivity contribution in [3.8, 4) is 5.75 Å². The van der Waals surface area contributed by atoms with Crippen LogP contribution in [0.4, 0.5) is 5.69 Å². The summed E-state index contributed by atoms with van der Waals surface area (Å²) in [5.41, 5.74) is 1.29. The van der Waals surface area contributed by atoms with Crippen molar-refractivity contribution in [1.82, 2.24) is 9.78 Å². The number of nitrogens with zero attached hydrogens (tertiary/aromatic N) is 2. The summed E-state index contributed by atoms with van der Waals surface area (Å²) in [7, 11) is 1.25. The molecule has 1 N–H and O–H groups in total. The highest BCUT2D eigenvalue weighted by Gasteiger charge is 2.21. The number of allylic oxidation sites excluding steroid dienone is 1. The van der Waals surface area contributed by atoms with Crippen molar-refractivity contribution in [1.29, 1.82) is 0 Å². The van der Waals surface area contributed by atoms with E-state index in [2.05, 4.69) is 17.0 Å². The third kappa shape index (κ3) is 4.78. The van der Waals surface area contributed by atoms with Crippen molar-refractivity contribution in [3.63, 3.8) is 0 Å². The molecule has 0 spiro atoms. The van der Waals surface area contributed by atoms with E-state index in [0.29, 0.717) is 18.7 Å². The predicted octanol–water partition coefficient (Wildman–Crippen LogP) is 3.84. The number of methoxy groups -OCH3 is 1. The standard InChI is InChI=1S/C22H23N3O5/c1-4-8-15-9-6-7-10-18(15)29-14-16-11-12-19(30-16)21(26)23-17-13-25(5-2)24-20(17)22(27)28-3/h4,6-7,9-13H,1,5,8,14H2,2-3H3,(H,23,26). The predicted molar refractivity (Wildman–Crippen MR) is 111 cm³/mol. The Morgan fingerprint density at radius 2 is 2.07 bits per heavy atom. The summed E-state index contributed by atoms with van der Waals surface area (Å²) in [5, 5.41) is 6.75. The molecule has 156 valence electrons. The molecule has 1 amide bonds. The van der Waals surface area contributed by atoms with Gasteiger partial charge in [0.1, 0.15) is 18.1 Å². The highest BCUT2D eigenvalue weighted by Crippen LogP contribution is 2.21. The van der Waals surface area contributed by atoms with Crippen LogP contribution in [0.5, 0.6) is 5.75 Å². The van der Waals surface area contributed by atoms with E-state index in [9.17, 15) is 9.59 Å². The fraction of sp³-hybridized carbons (Fsp3) is 0.227. The number of aromatic nitrogens is 2. The Morgan fingerprint density at radius 1 is 1.27 bits per heavy atom. The van der Waals surface area contributed by atoms with Crippen LogP contribution >= 0.6 is 0 Å². The Hall–Kier alpha value is -3.81. The second-order valence-corrected chi connectivity index (χ2v) is 6.35. The molecular formula is C22H23N3O5. The molecule has 0 saturated heterocycles. The maximum Gasteiger partial charge on any atom is 0.360 e. The molecule has 8 heteroatoms. The van der Waals surface area contributed by atoms with E-state index in [4.69, 9.17) is 13.9 Å². The number of esters is 1. The molecule has 3 rings (SSSR count). The molecule has 2 aromatic heterocycles. The number of hydrogen-bond acceptors (Lipinski definition) is 6. The van der Waals surface area contributed by atoms with Crippen molar-refractivity contribution >= 4 is 17.6 Å². The van der Waals surface area contributed by atoms with Crippen LogP contribution in [0.3, 0.4) is 0 Å². The van der Waals surface area contributed by atoms with Crippen LogP contribution in [0.25, 0.3) is 0 Å². The molecule has 0 aliphatic heterocycles. The van der Waals surface area contributed by atoms with Crippen molar-refractivity contribution in [2.75, 3.05) is 12.4 Å². The van der Waals surface area contributed by atoms with Gasteiger partial charge >= 0.3 is 5.97 Å². The van der Waals surface area contributed by atoms with Gasteiger partial charge in [0.15, 0.2) is 11.5 Å². The number of ether oxygens (including phenoxy) is 2. The van der Waals surface area contributed by atoms with E-state index in [1.165, 1.54) is 11.8 Å². The number of benzene rings is 1. The minimum Gasteiger partial charge on any atom is -0.485 e. The minimum atomic E-state index is -0.635. The Bertz CT molecular complexity index is 1050. The smallest absolute Gasteiger partial charge is 0.360 e. The molecule has 0 radical (unpaired) electrons. The number of anilines is 1. The largest absolute Gasteiger partial charge is 0.485 e. The van der Waals surface area contributed by atoms with Gasteiger partial charge in [-0.3, -0.25) is 9.48 Å². The first kappa shape index (κ1) is 20.9. The quantitative estimate of drug-likeness (QED) is 0.426. The first-order valence-electron chi connectivity index (χ1n) is 9.43. The van der Waals surface area contributed by atoms with Gasteiger partial charge in [0.25, 0.3) is 5.91 Å². The van der Waals surface area contributed by atoms with Gasteiger partial charge in [-0.2, -0.15) is 5.10 Å². The van der Waals surface area contributed by atoms with E-state index in [1.54, 1.807) is 24.4 Å². The van der Waals surface area contributed by atoms with Gasteiger partial charge in [-0.15, -0.1) is 6.58 Å². The highest BCUT2D eigenvalue weighted by molar-refractivity contribution is 6.05. The summed E-state index contributed by atoms with van der Waals surface area (Å²) in [5.74, 6) is 0.173. The fourth-order valence-corrected chi connectivity index (χ4v) is 2.80. The van der Waals surface area contributed by atoms with Gasteiger partial charge in [0.2, 0.25) is 0 Å². The minimum absolute atomic E-state index is 0.0293. The van der Waals surface area contributed by atoms with E-state index in [1.807, 2.05) is 31.2 Å². The molecule has 1 aromatic carbocycles. The van der Waals surface area contributed by atoms with Crippen molar-refractivity contribution in [2.24, 2.45) is 0 Å². The molecule has 0 unspecified atom stereocenters. The van der Waals surface area contributed by atoms with Crippen LogP contribution in [0.2, 0.25) is 0 Å². The lowest BCUT2D eigenvalue weighted by Gasteiger charge is -2.08. The summed E-state index contributed by atoms with van der Waals surface area (Å²) >= 11 is 0. The lowest BCUT2D eigenvalue weighted by Crippen LogP contribution is -2.14. The van der Waals surface area contributed by atoms with E-state index >= 15 is 0 Å². The Labute approximate surface area is 174 Å². The second-order valence-electron chi connectivity index (χ2n) is 6.35. The maximum absolute atomic E-state index is 12.6. The van der Waals surface area contributed by atoms with Gasteiger partial charge in [0.05, 0.1) is 12.8 Å². The molecule has 0 aliphatic rings. The summed E-state index contributed by atoms with van der Waals surface area (Å²) in [6.07, 6.45) is 4.06. The molecule has 0 saturated carbocycles. The zero-order chi connectivity index (χ0) is 21.5. The van der Waals surface area contributed by atoms with Crippen molar-refractivity contribution in [2.45, 2.75) is 26.5 Å². The van der Waals surface area contributed by atoms with Crippen LogP contribution in [-0.2, 0) is 24.3 Å². The number of hydrogen-bond donors (Lipinski definition) is 1. The second kappa shape index (κ2) is 9.60. The number of para-hydroxylation sites is 1. The number of aryl methyl sites for hydroxylation is 1. The number of amides is 1. The van der Waals surface area contributed by atoms with Crippen molar-refractivity contribution < 1.29 is 23.5 Å². The van der Waals surface area contributed by atoms with Gasteiger partial charge in [-0.25, -0.2) is 4.79 Å². The number of carbonyl (C=O) groups is 2. The number of rotatable bonds is 9. The van der Waals surface area contributed by atoms with Crippen molar-refractivity contribution in [3.05, 3.63) is 78.0 Å². The van der Waals surface area contributed by atoms with E-state index < -0.39 is 11.9 Å². The first-order chi connectivity index (χ1) is 14.5. The fourth-order valence-electron chi connectivity index (χ4n) is 2.80.